The Bertz CT molecular complexity index is 732. The van der Waals surface area contributed by atoms with Crippen molar-refractivity contribution >= 4 is 29.5 Å². The smallest absolute Gasteiger partial charge is 0.303 e. The Labute approximate surface area is 152 Å². The summed E-state index contributed by atoms with van der Waals surface area (Å²) >= 11 is 0. The normalized spacial score (nSPS) is 28.2. The van der Waals surface area contributed by atoms with Crippen molar-refractivity contribution in [2.24, 2.45) is 16.3 Å². The van der Waals surface area contributed by atoms with Crippen LogP contribution in [0.2, 0.25) is 0 Å². The van der Waals surface area contributed by atoms with Gasteiger partial charge < -0.3 is 4.74 Å². The number of hydrogen-bond donors (Lipinski definition) is 2. The van der Waals surface area contributed by atoms with Gasteiger partial charge in [-0.25, -0.2) is 4.99 Å². The predicted molar refractivity (Wildman–Crippen MR) is 94.0 cm³/mol. The molecule has 3 atom stereocenters. The molecule has 2 N–H and O–H groups in total. The van der Waals surface area contributed by atoms with Crippen LogP contribution in [0.1, 0.15) is 48.0 Å². The molecule has 0 unspecified atom stereocenters. The van der Waals surface area contributed by atoms with Gasteiger partial charge in [-0.05, 0) is 26.3 Å². The average molecular weight is 363 g/mol. The van der Waals surface area contributed by atoms with Crippen molar-refractivity contribution in [3.05, 3.63) is 11.6 Å². The number of fused-ring (bicyclic) bond motifs is 1. The number of rotatable bonds is 2. The highest BCUT2D eigenvalue weighted by Crippen LogP contribution is 2.41. The Hall–Kier alpha value is -2.51. The van der Waals surface area contributed by atoms with Crippen molar-refractivity contribution in [3.63, 3.8) is 0 Å². The summed E-state index contributed by atoms with van der Waals surface area (Å²) in [6, 6.07) is 0. The summed E-state index contributed by atoms with van der Waals surface area (Å²) in [4.78, 5) is 53.5. The summed E-state index contributed by atoms with van der Waals surface area (Å²) in [5.41, 5.74) is -1.48. The molecule has 2 amide bonds. The minimum atomic E-state index is -1.59. The Kier molecular flexibility index (Phi) is 5.07. The van der Waals surface area contributed by atoms with E-state index in [2.05, 4.69) is 15.6 Å². The molecule has 8 heteroatoms. The monoisotopic (exact) mass is 363 g/mol. The number of amides is 2. The molecule has 26 heavy (non-hydrogen) atoms. The molecule has 0 fully saturated rings. The van der Waals surface area contributed by atoms with Crippen LogP contribution >= 0.6 is 0 Å². The summed E-state index contributed by atoms with van der Waals surface area (Å²) < 4.78 is 5.33. The topological polar surface area (TPSA) is 114 Å². The quantitative estimate of drug-likeness (QED) is 0.558. The van der Waals surface area contributed by atoms with Gasteiger partial charge in [0.1, 0.15) is 0 Å². The second-order valence-corrected chi connectivity index (χ2v) is 7.84. The van der Waals surface area contributed by atoms with Crippen molar-refractivity contribution in [1.82, 2.24) is 10.6 Å². The van der Waals surface area contributed by atoms with Gasteiger partial charge >= 0.3 is 5.97 Å². The molecule has 1 aliphatic carbocycles. The van der Waals surface area contributed by atoms with E-state index in [0.29, 0.717) is 6.42 Å². The van der Waals surface area contributed by atoms with Gasteiger partial charge in [-0.3, -0.25) is 29.8 Å². The molecule has 8 nitrogen and oxygen atoms in total. The van der Waals surface area contributed by atoms with Gasteiger partial charge in [0, 0.05) is 12.3 Å². The van der Waals surface area contributed by atoms with Crippen molar-refractivity contribution in [1.29, 1.82) is 0 Å². The minimum Gasteiger partial charge on any atom is -0.455 e. The summed E-state index contributed by atoms with van der Waals surface area (Å²) in [7, 11) is 0. The molecule has 0 saturated heterocycles. The number of aliphatic imine (C=N–C) groups is 1. The van der Waals surface area contributed by atoms with Gasteiger partial charge in [0.05, 0.1) is 5.92 Å². The molecule has 0 radical (unpaired) electrons. The zero-order chi connectivity index (χ0) is 19.9. The number of guanidine groups is 1. The Morgan fingerprint density at radius 2 is 1.92 bits per heavy atom. The van der Waals surface area contributed by atoms with Crippen LogP contribution in [0.4, 0.5) is 0 Å². The molecule has 0 aromatic rings. The molecular formula is C18H25N3O5. The number of hydrogen-bond acceptors (Lipinski definition) is 6. The van der Waals surface area contributed by atoms with Crippen molar-refractivity contribution in [2.75, 3.05) is 0 Å². The van der Waals surface area contributed by atoms with E-state index in [9.17, 15) is 19.2 Å². The van der Waals surface area contributed by atoms with Crippen LogP contribution in [0.5, 0.6) is 0 Å². The lowest BCUT2D eigenvalue weighted by Gasteiger charge is -2.44. The maximum Gasteiger partial charge on any atom is 0.303 e. The van der Waals surface area contributed by atoms with Crippen LogP contribution in [-0.4, -0.2) is 41.2 Å². The van der Waals surface area contributed by atoms with Crippen LogP contribution in [0.3, 0.4) is 0 Å². The molecular weight excluding hydrogens is 338 g/mol. The number of nitrogens with one attached hydrogen (secondary N) is 2. The number of nitrogens with zero attached hydrogens (tertiary/aromatic N) is 1. The first-order valence-corrected chi connectivity index (χ1v) is 8.45. The van der Waals surface area contributed by atoms with Crippen LogP contribution in [0, 0.1) is 11.3 Å². The van der Waals surface area contributed by atoms with E-state index in [0.717, 1.165) is 5.57 Å². The highest BCUT2D eigenvalue weighted by atomic mass is 16.5. The SMILES string of the molecule is CC(=O)O[C@H]1C=C(C)C[C@@H]2C(=O)NC(NC(=O)C(C)(C)C)=N[C@]12C(C)=O. The first-order chi connectivity index (χ1) is 11.9. The fourth-order valence-corrected chi connectivity index (χ4v) is 3.16. The third-order valence-corrected chi connectivity index (χ3v) is 4.55. The van der Waals surface area contributed by atoms with Gasteiger partial charge in [-0.15, -0.1) is 0 Å². The molecule has 0 aromatic carbocycles. The molecule has 142 valence electrons. The molecule has 0 saturated carbocycles. The van der Waals surface area contributed by atoms with E-state index in [-0.39, 0.29) is 11.9 Å². The van der Waals surface area contributed by atoms with Crippen LogP contribution < -0.4 is 10.6 Å². The first kappa shape index (κ1) is 19.8. The lowest BCUT2D eigenvalue weighted by Crippen LogP contribution is -2.66. The van der Waals surface area contributed by atoms with Crippen LogP contribution in [0.15, 0.2) is 16.6 Å². The molecule has 2 rings (SSSR count). The number of allylic oxidation sites excluding steroid dienone is 1. The summed E-state index contributed by atoms with van der Waals surface area (Å²) in [6.45, 7) is 9.48. The fourth-order valence-electron chi connectivity index (χ4n) is 3.16. The van der Waals surface area contributed by atoms with Gasteiger partial charge in [0.25, 0.3) is 0 Å². The highest BCUT2D eigenvalue weighted by molar-refractivity contribution is 6.11. The van der Waals surface area contributed by atoms with E-state index in [1.54, 1.807) is 33.8 Å². The lowest BCUT2D eigenvalue weighted by molar-refractivity contribution is -0.154. The van der Waals surface area contributed by atoms with Gasteiger partial charge in [0.2, 0.25) is 17.8 Å². The van der Waals surface area contributed by atoms with Crippen molar-refractivity contribution < 1.29 is 23.9 Å². The van der Waals surface area contributed by atoms with Crippen molar-refractivity contribution in [2.45, 2.75) is 59.6 Å². The number of esters is 1. The third kappa shape index (κ3) is 3.54. The molecule has 1 heterocycles. The van der Waals surface area contributed by atoms with Crippen molar-refractivity contribution in [3.8, 4) is 0 Å². The second-order valence-electron chi connectivity index (χ2n) is 7.84. The molecule has 0 aromatic heterocycles. The summed E-state index contributed by atoms with van der Waals surface area (Å²) in [6.07, 6.45) is 0.946. The Morgan fingerprint density at radius 3 is 2.42 bits per heavy atom. The molecule has 0 bridgehead atoms. The van der Waals surface area contributed by atoms with Gasteiger partial charge in [-0.2, -0.15) is 0 Å². The highest BCUT2D eigenvalue weighted by Gasteiger charge is 2.58. The van der Waals surface area contributed by atoms with Gasteiger partial charge in [-0.1, -0.05) is 26.3 Å². The summed E-state index contributed by atoms with van der Waals surface area (Å²) in [5, 5.41) is 5.10. The molecule has 2 aliphatic rings. The van der Waals surface area contributed by atoms with E-state index in [1.165, 1.54) is 13.8 Å². The lowest BCUT2D eigenvalue weighted by atomic mass is 9.68. The zero-order valence-corrected chi connectivity index (χ0v) is 15.9. The molecule has 1 aliphatic heterocycles. The van der Waals surface area contributed by atoms with E-state index in [1.807, 2.05) is 0 Å². The number of carbonyl (C=O) groups is 4. The maximum atomic E-state index is 12.7. The van der Waals surface area contributed by atoms with Gasteiger partial charge in [0.15, 0.2) is 17.4 Å². The summed E-state index contributed by atoms with van der Waals surface area (Å²) in [5.74, 6) is -2.71. The fraction of sp³-hybridized carbons (Fsp3) is 0.611. The van der Waals surface area contributed by atoms with Crippen LogP contribution in [0.25, 0.3) is 0 Å². The molecule has 0 spiro atoms. The Balaban J connectivity index is 2.56. The van der Waals surface area contributed by atoms with Crippen LogP contribution in [-0.2, 0) is 23.9 Å². The number of ether oxygens (including phenoxy) is 1. The number of ketones is 1. The zero-order valence-electron chi connectivity index (χ0n) is 15.9. The standard InChI is InChI=1S/C18H25N3O5/c1-9-7-12-14(24)19-16(20-15(25)17(4,5)6)21-18(12,10(2)22)13(8-9)26-11(3)23/h8,12-13H,7H2,1-6H3,(H2,19,20,21,24,25)/t12-,13+,18+/m1/s1. The van der Waals surface area contributed by atoms with E-state index < -0.39 is 40.6 Å². The largest absolute Gasteiger partial charge is 0.455 e. The third-order valence-electron chi connectivity index (χ3n) is 4.55. The number of Topliss-reactive ketones (excluding diaryl/α,β-unsaturated/α-hetero) is 1. The average Bonchev–Trinajstić information content (AvgIpc) is 2.46. The first-order valence-electron chi connectivity index (χ1n) is 8.45. The second kappa shape index (κ2) is 6.66. The Morgan fingerprint density at radius 1 is 1.31 bits per heavy atom. The van der Waals surface area contributed by atoms with E-state index in [4.69, 9.17) is 4.74 Å². The predicted octanol–water partition coefficient (Wildman–Crippen LogP) is 0.860. The van der Waals surface area contributed by atoms with E-state index >= 15 is 0 Å². The minimum absolute atomic E-state index is 0.105. The maximum absolute atomic E-state index is 12.7. The number of carbonyl (C=O) groups excluding carboxylic acids is 4.